The minimum absolute atomic E-state index is 0.0552. The minimum atomic E-state index is -4.30. The summed E-state index contributed by atoms with van der Waals surface area (Å²) in [6.07, 6.45) is 45.1. The number of unbranched alkanes of at least 4 members (excludes halogenated alkanes) is 10. The van der Waals surface area contributed by atoms with E-state index in [9.17, 15) is 14.3 Å². The van der Waals surface area contributed by atoms with Crippen LogP contribution in [0.15, 0.2) is 72.9 Å². The Hall–Kier alpha value is -2.06. The second-order valence-corrected chi connectivity index (χ2v) is 13.5. The number of carbonyl (C=O) groups is 1. The largest absolute Gasteiger partial charge is 0.472 e. The van der Waals surface area contributed by atoms with E-state index in [0.717, 1.165) is 64.2 Å². The van der Waals surface area contributed by atoms with Gasteiger partial charge in [-0.25, -0.2) is 4.57 Å². The molecule has 0 bridgehead atoms. The van der Waals surface area contributed by atoms with Crippen molar-refractivity contribution in [2.45, 2.75) is 142 Å². The minimum Gasteiger partial charge on any atom is -0.457 e. The van der Waals surface area contributed by atoms with Crippen LogP contribution in [0.1, 0.15) is 136 Å². The van der Waals surface area contributed by atoms with Crippen molar-refractivity contribution >= 4 is 13.8 Å². The fraction of sp³-hybridized carbons (Fsp3) is 0.675. The van der Waals surface area contributed by atoms with Crippen LogP contribution >= 0.6 is 7.82 Å². The maximum absolute atomic E-state index is 12.5. The number of ether oxygens (including phenoxy) is 2. The molecular formula is C40H70NO7P. The van der Waals surface area contributed by atoms with E-state index in [0.29, 0.717) is 13.0 Å². The molecule has 0 saturated heterocycles. The summed E-state index contributed by atoms with van der Waals surface area (Å²) in [6, 6.07) is 0. The van der Waals surface area contributed by atoms with Crippen LogP contribution in [-0.2, 0) is 27.9 Å². The Balaban J connectivity index is 4.26. The molecule has 0 radical (unpaired) electrons. The first-order valence-corrected chi connectivity index (χ1v) is 20.4. The van der Waals surface area contributed by atoms with E-state index in [1.165, 1.54) is 44.9 Å². The van der Waals surface area contributed by atoms with Crippen molar-refractivity contribution in [3.05, 3.63) is 72.9 Å². The Morgan fingerprint density at radius 3 is 1.71 bits per heavy atom. The van der Waals surface area contributed by atoms with Crippen molar-refractivity contribution in [2.24, 2.45) is 5.73 Å². The van der Waals surface area contributed by atoms with E-state index < -0.39 is 13.9 Å². The molecule has 2 unspecified atom stereocenters. The second kappa shape index (κ2) is 37.2. The van der Waals surface area contributed by atoms with Crippen molar-refractivity contribution in [1.29, 1.82) is 0 Å². The highest BCUT2D eigenvalue weighted by atomic mass is 31.2. The lowest BCUT2D eigenvalue weighted by Gasteiger charge is -2.19. The third-order valence-corrected chi connectivity index (χ3v) is 8.36. The SMILES string of the molecule is CC/C=C\C/C=C\C/C=C\C/C=C\C/C=C\CCOCC(COP(=O)(O)OCCN)OC(=O)CCCCCCC/C=C\CCCCCCC. The third-order valence-electron chi connectivity index (χ3n) is 7.38. The molecule has 0 aliphatic heterocycles. The Bertz CT molecular complexity index is 974. The lowest BCUT2D eigenvalue weighted by Crippen LogP contribution is -2.28. The predicted molar refractivity (Wildman–Crippen MR) is 205 cm³/mol. The molecule has 0 aromatic rings. The molecule has 49 heavy (non-hydrogen) atoms. The van der Waals surface area contributed by atoms with Crippen LogP contribution in [0.4, 0.5) is 0 Å². The third kappa shape index (κ3) is 37.0. The van der Waals surface area contributed by atoms with Crippen LogP contribution in [0.3, 0.4) is 0 Å². The van der Waals surface area contributed by atoms with Gasteiger partial charge >= 0.3 is 13.8 Å². The molecule has 8 nitrogen and oxygen atoms in total. The van der Waals surface area contributed by atoms with E-state index in [2.05, 4.69) is 80.7 Å². The lowest BCUT2D eigenvalue weighted by atomic mass is 10.1. The Labute approximate surface area is 299 Å². The Kier molecular flexibility index (Phi) is 35.6. The van der Waals surface area contributed by atoms with E-state index >= 15 is 0 Å². The average molecular weight is 708 g/mol. The summed E-state index contributed by atoms with van der Waals surface area (Å²) >= 11 is 0. The number of carbonyl (C=O) groups excluding carboxylic acids is 1. The number of hydrogen-bond donors (Lipinski definition) is 2. The van der Waals surface area contributed by atoms with Crippen LogP contribution in [0, 0.1) is 0 Å². The molecule has 2 atom stereocenters. The van der Waals surface area contributed by atoms with Gasteiger partial charge in [-0.3, -0.25) is 13.8 Å². The molecule has 0 heterocycles. The van der Waals surface area contributed by atoms with Gasteiger partial charge in [0.1, 0.15) is 6.10 Å². The summed E-state index contributed by atoms with van der Waals surface area (Å²) in [5.41, 5.74) is 5.34. The van der Waals surface area contributed by atoms with Gasteiger partial charge < -0.3 is 20.1 Å². The lowest BCUT2D eigenvalue weighted by molar-refractivity contribution is -0.154. The van der Waals surface area contributed by atoms with Crippen molar-refractivity contribution in [2.75, 3.05) is 33.0 Å². The van der Waals surface area contributed by atoms with Crippen LogP contribution in [-0.4, -0.2) is 49.9 Å². The molecule has 0 spiro atoms. The molecule has 0 saturated carbocycles. The number of phosphoric acid groups is 1. The van der Waals surface area contributed by atoms with Crippen molar-refractivity contribution in [3.8, 4) is 0 Å². The monoisotopic (exact) mass is 707 g/mol. The van der Waals surface area contributed by atoms with Gasteiger partial charge in [0.25, 0.3) is 0 Å². The van der Waals surface area contributed by atoms with Gasteiger partial charge in [-0.2, -0.15) is 0 Å². The maximum Gasteiger partial charge on any atom is 0.472 e. The van der Waals surface area contributed by atoms with Crippen LogP contribution in [0.2, 0.25) is 0 Å². The molecule has 0 rings (SSSR count). The summed E-state index contributed by atoms with van der Waals surface area (Å²) in [4.78, 5) is 22.4. The first-order valence-electron chi connectivity index (χ1n) is 18.9. The fourth-order valence-electron chi connectivity index (χ4n) is 4.64. The Morgan fingerprint density at radius 1 is 0.633 bits per heavy atom. The van der Waals surface area contributed by atoms with E-state index in [4.69, 9.17) is 24.3 Å². The fourth-order valence-corrected chi connectivity index (χ4v) is 5.41. The van der Waals surface area contributed by atoms with E-state index in [-0.39, 0.29) is 38.8 Å². The molecule has 0 aliphatic rings. The summed E-state index contributed by atoms with van der Waals surface area (Å²) in [6.45, 7) is 4.52. The number of rotatable bonds is 35. The molecule has 0 fully saturated rings. The summed E-state index contributed by atoms with van der Waals surface area (Å²) < 4.78 is 33.2. The second-order valence-electron chi connectivity index (χ2n) is 12.1. The molecule has 9 heteroatoms. The van der Waals surface area contributed by atoms with Gasteiger partial charge in [-0.1, -0.05) is 132 Å². The molecule has 0 aromatic heterocycles. The predicted octanol–water partition coefficient (Wildman–Crippen LogP) is 10.8. The maximum atomic E-state index is 12.5. The van der Waals surface area contributed by atoms with Crippen LogP contribution in [0.25, 0.3) is 0 Å². The summed E-state index contributed by atoms with van der Waals surface area (Å²) in [7, 11) is -4.30. The normalized spacial score (nSPS) is 14.4. The molecule has 0 aliphatic carbocycles. The standard InChI is InChI=1S/C40H70NO7P/c1-3-5-7-9-11-13-15-17-19-20-22-24-26-28-30-32-35-45-37-39(38-47-49(43,44)46-36-34-41)48-40(42)33-31-29-27-25-23-21-18-16-14-12-10-8-6-4-2/h5,7,11,13,16-19,22,24,28,30,39H,3-4,6,8-10,12,14-15,20-21,23,25-27,29,31-38,41H2,1-2H3,(H,43,44)/b7-5-,13-11-,18-16-,19-17-,24-22-,30-28-. The van der Waals surface area contributed by atoms with Gasteiger partial charge in [0.05, 0.1) is 26.4 Å². The quantitative estimate of drug-likeness (QED) is 0.0289. The van der Waals surface area contributed by atoms with Gasteiger partial charge in [-0.15, -0.1) is 0 Å². The van der Waals surface area contributed by atoms with Gasteiger partial charge in [-0.05, 0) is 70.6 Å². The van der Waals surface area contributed by atoms with Gasteiger partial charge in [0, 0.05) is 13.0 Å². The van der Waals surface area contributed by atoms with Crippen LogP contribution in [0.5, 0.6) is 0 Å². The van der Waals surface area contributed by atoms with Crippen molar-refractivity contribution in [3.63, 3.8) is 0 Å². The smallest absolute Gasteiger partial charge is 0.457 e. The first kappa shape index (κ1) is 46.9. The average Bonchev–Trinajstić information content (AvgIpc) is 3.09. The Morgan fingerprint density at radius 2 is 1.14 bits per heavy atom. The zero-order valence-corrected chi connectivity index (χ0v) is 31.8. The topological polar surface area (TPSA) is 117 Å². The van der Waals surface area contributed by atoms with Gasteiger partial charge in [0.2, 0.25) is 0 Å². The van der Waals surface area contributed by atoms with E-state index in [1.54, 1.807) is 0 Å². The molecule has 282 valence electrons. The number of hydrogen-bond acceptors (Lipinski definition) is 7. The highest BCUT2D eigenvalue weighted by molar-refractivity contribution is 7.47. The number of nitrogens with two attached hydrogens (primary N) is 1. The highest BCUT2D eigenvalue weighted by Crippen LogP contribution is 2.43. The van der Waals surface area contributed by atoms with Crippen LogP contribution < -0.4 is 5.73 Å². The highest BCUT2D eigenvalue weighted by Gasteiger charge is 2.25. The number of esters is 1. The number of phosphoric ester groups is 1. The van der Waals surface area contributed by atoms with Crippen molar-refractivity contribution < 1.29 is 32.8 Å². The zero-order valence-electron chi connectivity index (χ0n) is 30.9. The molecule has 0 amide bonds. The molecule has 0 aromatic carbocycles. The first-order chi connectivity index (χ1) is 23.9. The molecule has 3 N–H and O–H groups in total. The zero-order chi connectivity index (χ0) is 35.9. The molecular weight excluding hydrogens is 637 g/mol. The summed E-state index contributed by atoms with van der Waals surface area (Å²) in [5.74, 6) is -0.368. The number of allylic oxidation sites excluding steroid dienone is 11. The van der Waals surface area contributed by atoms with Gasteiger partial charge in [0.15, 0.2) is 0 Å². The van der Waals surface area contributed by atoms with Crippen molar-refractivity contribution in [1.82, 2.24) is 0 Å². The van der Waals surface area contributed by atoms with E-state index in [1.807, 2.05) is 6.08 Å². The summed E-state index contributed by atoms with van der Waals surface area (Å²) in [5, 5.41) is 0.